The molecule has 2 fully saturated rings. The summed E-state index contributed by atoms with van der Waals surface area (Å²) in [5.74, 6) is 1.10. The summed E-state index contributed by atoms with van der Waals surface area (Å²) in [6.07, 6.45) is 9.70. The minimum atomic E-state index is 0.467. The molecule has 1 spiro atoms. The van der Waals surface area contributed by atoms with E-state index < -0.39 is 0 Å². The number of nitrogens with one attached hydrogen (secondary N) is 1. The van der Waals surface area contributed by atoms with Gasteiger partial charge >= 0.3 is 0 Å². The fraction of sp³-hybridized carbons (Fsp3) is 0.765. The van der Waals surface area contributed by atoms with E-state index in [0.717, 1.165) is 25.2 Å². The first-order valence-electron chi connectivity index (χ1n) is 8.14. The smallest absolute Gasteiger partial charge is 0.103 e. The van der Waals surface area contributed by atoms with Crippen LogP contribution in [0.2, 0.25) is 0 Å². The fourth-order valence-electron chi connectivity index (χ4n) is 3.91. The maximum Gasteiger partial charge on any atom is 0.103 e. The van der Waals surface area contributed by atoms with Crippen LogP contribution in [0.5, 0.6) is 0 Å². The normalized spacial score (nSPS) is 28.9. The summed E-state index contributed by atoms with van der Waals surface area (Å²) in [5.41, 5.74) is 0.467. The van der Waals surface area contributed by atoms with Crippen molar-refractivity contribution in [2.75, 3.05) is 6.61 Å². The van der Waals surface area contributed by atoms with E-state index in [0.29, 0.717) is 23.6 Å². The second-order valence-electron chi connectivity index (χ2n) is 6.50. The van der Waals surface area contributed by atoms with E-state index in [4.69, 9.17) is 9.15 Å². The zero-order valence-electron chi connectivity index (χ0n) is 12.7. The highest BCUT2D eigenvalue weighted by atomic mass is 16.5. The fourth-order valence-corrected chi connectivity index (χ4v) is 3.91. The van der Waals surface area contributed by atoms with E-state index in [2.05, 4.69) is 25.2 Å². The molecule has 3 nitrogen and oxygen atoms in total. The molecular weight excluding hydrogens is 250 g/mol. The highest BCUT2D eigenvalue weighted by Crippen LogP contribution is 2.57. The SMILES string of the molecule is CCOC1CC(NC(C)CCc2ccco2)C12CCC2. The van der Waals surface area contributed by atoms with Gasteiger partial charge in [0.05, 0.1) is 12.4 Å². The first-order chi connectivity index (χ1) is 9.74. The zero-order chi connectivity index (χ0) is 14.0. The van der Waals surface area contributed by atoms with Crippen LogP contribution < -0.4 is 5.32 Å². The predicted molar refractivity (Wildman–Crippen MR) is 79.7 cm³/mol. The van der Waals surface area contributed by atoms with E-state index in [-0.39, 0.29) is 0 Å². The molecule has 0 aromatic carbocycles. The lowest BCUT2D eigenvalue weighted by atomic mass is 9.51. The highest BCUT2D eigenvalue weighted by molar-refractivity contribution is 5.12. The molecule has 0 amide bonds. The summed E-state index contributed by atoms with van der Waals surface area (Å²) < 4.78 is 11.3. The summed E-state index contributed by atoms with van der Waals surface area (Å²) in [6.45, 7) is 5.26. The van der Waals surface area contributed by atoms with Crippen molar-refractivity contribution < 1.29 is 9.15 Å². The quantitative estimate of drug-likeness (QED) is 0.828. The molecule has 1 N–H and O–H groups in total. The Balaban J connectivity index is 1.46. The van der Waals surface area contributed by atoms with Gasteiger partial charge in [0.25, 0.3) is 0 Å². The Morgan fingerprint density at radius 2 is 2.35 bits per heavy atom. The first kappa shape index (κ1) is 14.2. The predicted octanol–water partition coefficient (Wildman–Crippen LogP) is 3.54. The molecule has 0 saturated heterocycles. The molecule has 3 unspecified atom stereocenters. The largest absolute Gasteiger partial charge is 0.469 e. The average molecular weight is 277 g/mol. The van der Waals surface area contributed by atoms with Gasteiger partial charge in [-0.15, -0.1) is 0 Å². The van der Waals surface area contributed by atoms with Gasteiger partial charge in [0.1, 0.15) is 5.76 Å². The van der Waals surface area contributed by atoms with Crippen LogP contribution in [0.15, 0.2) is 22.8 Å². The van der Waals surface area contributed by atoms with Gasteiger partial charge in [0.2, 0.25) is 0 Å². The molecule has 2 aliphatic rings. The topological polar surface area (TPSA) is 34.4 Å². The Morgan fingerprint density at radius 3 is 2.95 bits per heavy atom. The second-order valence-corrected chi connectivity index (χ2v) is 6.50. The van der Waals surface area contributed by atoms with Crippen molar-refractivity contribution in [1.29, 1.82) is 0 Å². The molecule has 112 valence electrons. The van der Waals surface area contributed by atoms with Gasteiger partial charge in [0.15, 0.2) is 0 Å². The monoisotopic (exact) mass is 277 g/mol. The molecule has 2 aliphatic carbocycles. The standard InChI is InChI=1S/C17H27NO2/c1-3-19-16-12-15(17(16)9-5-10-17)18-13(2)7-8-14-6-4-11-20-14/h4,6,11,13,15-16,18H,3,5,7-10,12H2,1-2H3. The van der Waals surface area contributed by atoms with Crippen LogP contribution in [0, 0.1) is 5.41 Å². The summed E-state index contributed by atoms with van der Waals surface area (Å²) >= 11 is 0. The van der Waals surface area contributed by atoms with Crippen molar-refractivity contribution in [2.45, 2.75) is 70.6 Å². The van der Waals surface area contributed by atoms with Crippen molar-refractivity contribution >= 4 is 0 Å². The van der Waals surface area contributed by atoms with Gasteiger partial charge in [-0.25, -0.2) is 0 Å². The molecule has 3 rings (SSSR count). The summed E-state index contributed by atoms with van der Waals surface area (Å²) in [7, 11) is 0. The van der Waals surface area contributed by atoms with Gasteiger partial charge < -0.3 is 14.5 Å². The zero-order valence-corrected chi connectivity index (χ0v) is 12.7. The Labute approximate surface area is 122 Å². The molecule has 0 bridgehead atoms. The molecular formula is C17H27NO2. The lowest BCUT2D eigenvalue weighted by molar-refractivity contribution is -0.174. The van der Waals surface area contributed by atoms with E-state index in [9.17, 15) is 0 Å². The van der Waals surface area contributed by atoms with Crippen LogP contribution in [-0.4, -0.2) is 24.8 Å². The van der Waals surface area contributed by atoms with Crippen molar-refractivity contribution in [3.8, 4) is 0 Å². The van der Waals surface area contributed by atoms with Crippen molar-refractivity contribution in [3.05, 3.63) is 24.2 Å². The van der Waals surface area contributed by atoms with Crippen LogP contribution in [0.1, 0.15) is 51.7 Å². The average Bonchev–Trinajstić information content (AvgIpc) is 2.86. The second kappa shape index (κ2) is 5.90. The molecule has 2 saturated carbocycles. The lowest BCUT2D eigenvalue weighted by Gasteiger charge is -2.61. The van der Waals surface area contributed by atoms with Gasteiger partial charge in [-0.3, -0.25) is 0 Å². The third-order valence-corrected chi connectivity index (χ3v) is 5.33. The highest BCUT2D eigenvalue weighted by Gasteiger charge is 2.58. The van der Waals surface area contributed by atoms with Crippen molar-refractivity contribution in [3.63, 3.8) is 0 Å². The first-order valence-corrected chi connectivity index (χ1v) is 8.14. The Bertz CT molecular complexity index is 411. The minimum absolute atomic E-state index is 0.467. The molecule has 1 aromatic rings. The van der Waals surface area contributed by atoms with Gasteiger partial charge in [-0.1, -0.05) is 6.42 Å². The molecule has 1 heterocycles. The van der Waals surface area contributed by atoms with Gasteiger partial charge in [-0.05, 0) is 51.7 Å². The third-order valence-electron chi connectivity index (χ3n) is 5.33. The lowest BCUT2D eigenvalue weighted by Crippen LogP contribution is -2.68. The molecule has 3 atom stereocenters. The number of aryl methyl sites for hydroxylation is 1. The maximum absolute atomic E-state index is 5.91. The van der Waals surface area contributed by atoms with E-state index >= 15 is 0 Å². The summed E-state index contributed by atoms with van der Waals surface area (Å²) in [5, 5.41) is 3.84. The number of hydrogen-bond acceptors (Lipinski definition) is 3. The molecule has 3 heteroatoms. The van der Waals surface area contributed by atoms with Gasteiger partial charge in [-0.2, -0.15) is 0 Å². The molecule has 0 radical (unpaired) electrons. The van der Waals surface area contributed by atoms with Gasteiger partial charge in [0, 0.05) is 30.5 Å². The Kier molecular flexibility index (Phi) is 4.18. The number of rotatable bonds is 7. The minimum Gasteiger partial charge on any atom is -0.469 e. The van der Waals surface area contributed by atoms with Crippen LogP contribution in [0.25, 0.3) is 0 Å². The van der Waals surface area contributed by atoms with E-state index in [1.165, 1.54) is 25.7 Å². The van der Waals surface area contributed by atoms with Crippen molar-refractivity contribution in [1.82, 2.24) is 5.32 Å². The number of hydrogen-bond donors (Lipinski definition) is 1. The van der Waals surface area contributed by atoms with Crippen LogP contribution >= 0.6 is 0 Å². The Hall–Kier alpha value is -0.800. The molecule has 1 aromatic heterocycles. The number of ether oxygens (including phenoxy) is 1. The summed E-state index contributed by atoms with van der Waals surface area (Å²) in [6, 6.07) is 5.24. The van der Waals surface area contributed by atoms with Crippen LogP contribution in [0.3, 0.4) is 0 Å². The maximum atomic E-state index is 5.91. The van der Waals surface area contributed by atoms with Crippen LogP contribution in [-0.2, 0) is 11.2 Å². The number of furan rings is 1. The van der Waals surface area contributed by atoms with E-state index in [1.807, 2.05) is 6.07 Å². The molecule has 20 heavy (non-hydrogen) atoms. The molecule has 0 aliphatic heterocycles. The van der Waals surface area contributed by atoms with Crippen LogP contribution in [0.4, 0.5) is 0 Å². The Morgan fingerprint density at radius 1 is 1.50 bits per heavy atom. The van der Waals surface area contributed by atoms with E-state index in [1.54, 1.807) is 6.26 Å². The van der Waals surface area contributed by atoms with Crippen molar-refractivity contribution in [2.24, 2.45) is 5.41 Å². The third kappa shape index (κ3) is 2.53. The summed E-state index contributed by atoms with van der Waals surface area (Å²) in [4.78, 5) is 0.